The summed E-state index contributed by atoms with van der Waals surface area (Å²) >= 11 is -2.79. The lowest BCUT2D eigenvalue weighted by Gasteiger charge is -2.28. The molecule has 14 heteroatoms. The van der Waals surface area contributed by atoms with Gasteiger partial charge in [0, 0.05) is 0 Å². The molecule has 0 aliphatic carbocycles. The van der Waals surface area contributed by atoms with Crippen LogP contribution in [0.5, 0.6) is 0 Å². The fraction of sp³-hybridized carbons (Fsp3) is 1.00. The molecule has 3 N–H and O–H groups in total. The third kappa shape index (κ3) is 9.36. The average molecular weight is 344 g/mol. The van der Waals surface area contributed by atoms with Crippen LogP contribution in [0.2, 0.25) is 0 Å². The molecule has 2 unspecified atom stereocenters. The molecule has 0 fully saturated rings. The van der Waals surface area contributed by atoms with Crippen LogP contribution in [0.1, 0.15) is 13.3 Å². The fourth-order valence-corrected chi connectivity index (χ4v) is 2.26. The molecule has 11 nitrogen and oxygen atoms in total. The Bertz CT molecular complexity index is 506. The van der Waals surface area contributed by atoms with Crippen molar-refractivity contribution in [3.05, 3.63) is 0 Å². The van der Waals surface area contributed by atoms with Crippen molar-refractivity contribution in [3.63, 3.8) is 0 Å². The standard InChI is InChI=1S/C5H12O11S3/c1-2-5(3-14-17(6)7,16-19(11,12)13)4-15-18(8,9)10/h2-4H2,1H3,(H,6,7)(H,8,9,10)(H,11,12,13). The summed E-state index contributed by atoms with van der Waals surface area (Å²) in [6.45, 7) is -0.677. The summed E-state index contributed by atoms with van der Waals surface area (Å²) in [4.78, 5) is 0. The molecule has 0 saturated heterocycles. The third-order valence-electron chi connectivity index (χ3n) is 1.82. The summed E-state index contributed by atoms with van der Waals surface area (Å²) in [7, 11) is -9.94. The van der Waals surface area contributed by atoms with Gasteiger partial charge in [0.25, 0.3) is 0 Å². The predicted molar refractivity (Wildman–Crippen MR) is 59.9 cm³/mol. The smallest absolute Gasteiger partial charge is 0.284 e. The average Bonchev–Trinajstić information content (AvgIpc) is 2.19. The van der Waals surface area contributed by atoms with E-state index in [0.717, 1.165) is 0 Å². The van der Waals surface area contributed by atoms with Crippen molar-refractivity contribution in [2.75, 3.05) is 13.2 Å². The number of hydrogen-bond donors (Lipinski definition) is 3. The first-order valence-electron chi connectivity index (χ1n) is 4.43. The zero-order valence-corrected chi connectivity index (χ0v) is 11.9. The van der Waals surface area contributed by atoms with Gasteiger partial charge in [0.15, 0.2) is 0 Å². The van der Waals surface area contributed by atoms with E-state index in [2.05, 4.69) is 12.5 Å². The molecule has 0 aliphatic heterocycles. The molecule has 0 aromatic carbocycles. The summed E-state index contributed by atoms with van der Waals surface area (Å²) in [5, 5.41) is 0. The van der Waals surface area contributed by atoms with Crippen molar-refractivity contribution >= 4 is 32.2 Å². The van der Waals surface area contributed by atoms with E-state index in [1.165, 1.54) is 6.92 Å². The minimum Gasteiger partial charge on any atom is -0.284 e. The van der Waals surface area contributed by atoms with Crippen molar-refractivity contribution in [1.82, 2.24) is 0 Å². The van der Waals surface area contributed by atoms with Crippen LogP contribution < -0.4 is 0 Å². The molecule has 0 bridgehead atoms. The van der Waals surface area contributed by atoms with Crippen LogP contribution in [-0.4, -0.2) is 53.5 Å². The highest BCUT2D eigenvalue weighted by atomic mass is 32.3. The Morgan fingerprint density at radius 2 is 1.63 bits per heavy atom. The zero-order valence-electron chi connectivity index (χ0n) is 9.45. The van der Waals surface area contributed by atoms with Crippen LogP contribution in [0.3, 0.4) is 0 Å². The molecule has 19 heavy (non-hydrogen) atoms. The topological polar surface area (TPSA) is 174 Å². The van der Waals surface area contributed by atoms with Gasteiger partial charge >= 0.3 is 32.2 Å². The van der Waals surface area contributed by atoms with Gasteiger partial charge in [-0.1, -0.05) is 6.92 Å². The van der Waals surface area contributed by atoms with Crippen molar-refractivity contribution in [3.8, 4) is 0 Å². The molecule has 0 amide bonds. The molecule has 0 aromatic rings. The second-order valence-electron chi connectivity index (χ2n) is 3.22. The molecular formula is C5H12O11S3. The zero-order chi connectivity index (χ0) is 15.3. The van der Waals surface area contributed by atoms with Crippen LogP contribution in [0, 0.1) is 0 Å². The van der Waals surface area contributed by atoms with Gasteiger partial charge in [-0.3, -0.25) is 17.8 Å². The molecule has 2 atom stereocenters. The van der Waals surface area contributed by atoms with Crippen LogP contribution in [-0.2, 0) is 44.7 Å². The highest BCUT2D eigenvalue weighted by Crippen LogP contribution is 2.21. The molecule has 0 spiro atoms. The fourth-order valence-electron chi connectivity index (χ4n) is 0.916. The molecule has 116 valence electrons. The first kappa shape index (κ1) is 18.8. The highest BCUT2D eigenvalue weighted by molar-refractivity contribution is 7.81. The molecule has 0 heterocycles. The van der Waals surface area contributed by atoms with Crippen molar-refractivity contribution in [2.24, 2.45) is 0 Å². The van der Waals surface area contributed by atoms with Crippen molar-refractivity contribution in [2.45, 2.75) is 18.9 Å². The van der Waals surface area contributed by atoms with Crippen LogP contribution in [0.15, 0.2) is 0 Å². The van der Waals surface area contributed by atoms with E-state index in [9.17, 15) is 21.0 Å². The third-order valence-corrected chi connectivity index (χ3v) is 3.12. The van der Waals surface area contributed by atoms with E-state index in [0.29, 0.717) is 0 Å². The van der Waals surface area contributed by atoms with Gasteiger partial charge in [-0.05, 0) is 6.42 Å². The van der Waals surface area contributed by atoms with Gasteiger partial charge < -0.3 is 0 Å². The minimum absolute atomic E-state index is 0.292. The summed E-state index contributed by atoms with van der Waals surface area (Å²) in [5.41, 5.74) is -2.11. The van der Waals surface area contributed by atoms with Crippen LogP contribution >= 0.6 is 0 Å². The van der Waals surface area contributed by atoms with Gasteiger partial charge in [0.2, 0.25) is 0 Å². The number of hydrogen-bond acceptors (Lipinski definition) is 8. The Labute approximate surface area is 112 Å². The maximum atomic E-state index is 10.6. The number of rotatable bonds is 9. The Kier molecular flexibility index (Phi) is 6.93. The highest BCUT2D eigenvalue weighted by Gasteiger charge is 2.38. The Hall–Kier alpha value is -0.190. The normalized spacial score (nSPS) is 17.9. The van der Waals surface area contributed by atoms with E-state index >= 15 is 0 Å². The maximum absolute atomic E-state index is 10.6. The Balaban J connectivity index is 5.10. The predicted octanol–water partition coefficient (Wildman–Crippen LogP) is -1.07. The quantitative estimate of drug-likeness (QED) is 0.343. The van der Waals surface area contributed by atoms with E-state index in [4.69, 9.17) is 13.7 Å². The van der Waals surface area contributed by atoms with Crippen molar-refractivity contribution in [1.29, 1.82) is 0 Å². The molecule has 0 saturated carbocycles. The van der Waals surface area contributed by atoms with Crippen molar-refractivity contribution < 1.29 is 47.3 Å². The molecule has 0 aromatic heterocycles. The summed E-state index contributed by atoms with van der Waals surface area (Å²) < 4.78 is 90.1. The van der Waals surface area contributed by atoms with Crippen LogP contribution in [0.25, 0.3) is 0 Å². The van der Waals surface area contributed by atoms with Gasteiger partial charge in [-0.2, -0.15) is 21.0 Å². The monoisotopic (exact) mass is 344 g/mol. The molecule has 0 rings (SSSR count). The summed E-state index contributed by atoms with van der Waals surface area (Å²) in [5.74, 6) is 0. The lowest BCUT2D eigenvalue weighted by molar-refractivity contribution is -0.0232. The first-order chi connectivity index (χ1) is 8.39. The molecule has 0 aliphatic rings. The minimum atomic E-state index is -5.03. The Morgan fingerprint density at radius 3 is 1.95 bits per heavy atom. The lowest BCUT2D eigenvalue weighted by Crippen LogP contribution is -2.44. The van der Waals surface area contributed by atoms with Gasteiger partial charge in [0.05, 0.1) is 6.61 Å². The maximum Gasteiger partial charge on any atom is 0.398 e. The second-order valence-corrected chi connectivity index (χ2v) is 6.00. The van der Waals surface area contributed by atoms with E-state index in [1.54, 1.807) is 0 Å². The first-order valence-corrected chi connectivity index (χ1v) is 8.19. The molecule has 0 radical (unpaired) electrons. The largest absolute Gasteiger partial charge is 0.398 e. The van der Waals surface area contributed by atoms with Gasteiger partial charge in [0.1, 0.15) is 12.2 Å². The van der Waals surface area contributed by atoms with Crippen LogP contribution in [0.4, 0.5) is 0 Å². The summed E-state index contributed by atoms with van der Waals surface area (Å²) in [6, 6.07) is 0. The van der Waals surface area contributed by atoms with Gasteiger partial charge in [-0.25, -0.2) is 8.37 Å². The second kappa shape index (κ2) is 7.00. The summed E-state index contributed by atoms with van der Waals surface area (Å²) in [6.07, 6.45) is -0.292. The van der Waals surface area contributed by atoms with E-state index in [1.807, 2.05) is 0 Å². The van der Waals surface area contributed by atoms with E-state index in [-0.39, 0.29) is 6.42 Å². The molecular weight excluding hydrogens is 332 g/mol. The lowest BCUT2D eigenvalue weighted by atomic mass is 10.0. The van der Waals surface area contributed by atoms with E-state index < -0.39 is 51.0 Å². The Morgan fingerprint density at radius 1 is 1.11 bits per heavy atom. The van der Waals surface area contributed by atoms with Gasteiger partial charge in [-0.15, -0.1) is 0 Å². The SMILES string of the molecule is CCC(COS(=O)O)(COS(=O)(=O)O)OS(=O)(=O)O.